The zero-order valence-electron chi connectivity index (χ0n) is 13.0. The summed E-state index contributed by atoms with van der Waals surface area (Å²) in [4.78, 5) is 15.9. The SMILES string of the molecule is Cc1ccc(C2CN(C(C(=O)O)c3ccc(F)cc3Cl)CCO2)s1. The summed E-state index contributed by atoms with van der Waals surface area (Å²) >= 11 is 7.73. The van der Waals surface area contributed by atoms with E-state index in [2.05, 4.69) is 0 Å². The summed E-state index contributed by atoms with van der Waals surface area (Å²) in [7, 11) is 0. The Balaban J connectivity index is 1.87. The Bertz CT molecular complexity index is 751. The molecule has 128 valence electrons. The third kappa shape index (κ3) is 3.62. The van der Waals surface area contributed by atoms with Gasteiger partial charge in [0.25, 0.3) is 0 Å². The molecule has 1 aromatic heterocycles. The molecule has 2 unspecified atom stereocenters. The molecule has 0 amide bonds. The van der Waals surface area contributed by atoms with E-state index in [1.807, 2.05) is 24.0 Å². The number of hydrogen-bond acceptors (Lipinski definition) is 4. The van der Waals surface area contributed by atoms with Crippen molar-refractivity contribution in [1.29, 1.82) is 0 Å². The van der Waals surface area contributed by atoms with Crippen molar-refractivity contribution in [3.05, 3.63) is 56.5 Å². The summed E-state index contributed by atoms with van der Waals surface area (Å²) in [6.45, 7) is 3.38. The number of carboxylic acids is 1. The predicted molar refractivity (Wildman–Crippen MR) is 91.1 cm³/mol. The molecular weight excluding hydrogens is 353 g/mol. The molecule has 2 heterocycles. The summed E-state index contributed by atoms with van der Waals surface area (Å²) in [5, 5.41) is 9.82. The van der Waals surface area contributed by atoms with E-state index < -0.39 is 17.8 Å². The van der Waals surface area contributed by atoms with Gasteiger partial charge in [0.2, 0.25) is 0 Å². The number of carboxylic acid groups (broad SMARTS) is 1. The molecule has 7 heteroatoms. The minimum absolute atomic E-state index is 0.123. The van der Waals surface area contributed by atoms with Crippen molar-refractivity contribution in [2.24, 2.45) is 0 Å². The van der Waals surface area contributed by atoms with Crippen LogP contribution in [0.15, 0.2) is 30.3 Å². The highest BCUT2D eigenvalue weighted by Crippen LogP contribution is 2.34. The molecule has 1 aliphatic heterocycles. The van der Waals surface area contributed by atoms with Crippen LogP contribution in [0.5, 0.6) is 0 Å². The number of ether oxygens (including phenoxy) is 1. The first-order chi connectivity index (χ1) is 11.5. The Labute approximate surface area is 148 Å². The Morgan fingerprint density at radius 3 is 2.88 bits per heavy atom. The topological polar surface area (TPSA) is 49.8 Å². The van der Waals surface area contributed by atoms with Gasteiger partial charge in [-0.3, -0.25) is 9.69 Å². The van der Waals surface area contributed by atoms with Crippen molar-refractivity contribution in [3.8, 4) is 0 Å². The average molecular weight is 370 g/mol. The van der Waals surface area contributed by atoms with Gasteiger partial charge < -0.3 is 9.84 Å². The number of rotatable bonds is 4. The highest BCUT2D eigenvalue weighted by atomic mass is 35.5. The van der Waals surface area contributed by atoms with Crippen LogP contribution in [0.25, 0.3) is 0 Å². The lowest BCUT2D eigenvalue weighted by Gasteiger charge is -2.36. The summed E-state index contributed by atoms with van der Waals surface area (Å²) in [6, 6.07) is 6.93. The second-order valence-corrected chi connectivity index (χ2v) is 7.44. The second-order valence-electron chi connectivity index (χ2n) is 5.71. The van der Waals surface area contributed by atoms with E-state index in [-0.39, 0.29) is 11.1 Å². The Morgan fingerprint density at radius 2 is 2.25 bits per heavy atom. The number of benzene rings is 1. The number of hydrogen-bond donors (Lipinski definition) is 1. The summed E-state index contributed by atoms with van der Waals surface area (Å²) in [5.74, 6) is -1.49. The van der Waals surface area contributed by atoms with Gasteiger partial charge in [-0.25, -0.2) is 4.39 Å². The fraction of sp³-hybridized carbons (Fsp3) is 0.353. The molecule has 0 spiro atoms. The van der Waals surface area contributed by atoms with Gasteiger partial charge in [0.1, 0.15) is 18.0 Å². The standard InChI is InChI=1S/C17H17ClFNO3S/c1-10-2-5-15(24-10)14-9-20(6-7-23-14)16(17(21)22)12-4-3-11(19)8-13(12)18/h2-5,8,14,16H,6-7,9H2,1H3,(H,21,22). The van der Waals surface area contributed by atoms with Gasteiger partial charge in [-0.05, 0) is 36.8 Å². The summed E-state index contributed by atoms with van der Waals surface area (Å²) < 4.78 is 19.1. The van der Waals surface area contributed by atoms with Crippen LogP contribution in [0.2, 0.25) is 5.02 Å². The maximum absolute atomic E-state index is 13.3. The zero-order valence-corrected chi connectivity index (χ0v) is 14.6. The molecule has 3 rings (SSSR count). The smallest absolute Gasteiger partial charge is 0.325 e. The van der Waals surface area contributed by atoms with E-state index in [1.54, 1.807) is 11.3 Å². The Hall–Kier alpha value is -1.47. The van der Waals surface area contributed by atoms with Gasteiger partial charge in [0.05, 0.1) is 6.61 Å². The molecule has 0 aliphatic carbocycles. The monoisotopic (exact) mass is 369 g/mol. The van der Waals surface area contributed by atoms with Crippen LogP contribution >= 0.6 is 22.9 Å². The summed E-state index contributed by atoms with van der Waals surface area (Å²) in [6.07, 6.45) is -0.168. The summed E-state index contributed by atoms with van der Waals surface area (Å²) in [5.41, 5.74) is 0.397. The molecule has 2 atom stereocenters. The highest BCUT2D eigenvalue weighted by Gasteiger charge is 2.34. The van der Waals surface area contributed by atoms with Gasteiger partial charge >= 0.3 is 5.97 Å². The molecule has 4 nitrogen and oxygen atoms in total. The van der Waals surface area contributed by atoms with Crippen molar-refractivity contribution in [1.82, 2.24) is 4.90 Å². The van der Waals surface area contributed by atoms with E-state index in [1.165, 1.54) is 17.0 Å². The quantitative estimate of drug-likeness (QED) is 0.883. The van der Waals surface area contributed by atoms with Crippen molar-refractivity contribution < 1.29 is 19.0 Å². The molecule has 0 radical (unpaired) electrons. The van der Waals surface area contributed by atoms with E-state index in [4.69, 9.17) is 16.3 Å². The van der Waals surface area contributed by atoms with Crippen molar-refractivity contribution in [2.45, 2.75) is 19.1 Å². The lowest BCUT2D eigenvalue weighted by Crippen LogP contribution is -2.43. The van der Waals surface area contributed by atoms with Gasteiger partial charge in [0.15, 0.2) is 0 Å². The average Bonchev–Trinajstić information content (AvgIpc) is 2.96. The number of carbonyl (C=O) groups is 1. The normalized spacial score (nSPS) is 20.0. The van der Waals surface area contributed by atoms with E-state index >= 15 is 0 Å². The number of morpholine rings is 1. The minimum atomic E-state index is -1.01. The molecular formula is C17H17ClFNO3S. The molecule has 1 N–H and O–H groups in total. The van der Waals surface area contributed by atoms with E-state index in [0.29, 0.717) is 25.3 Å². The van der Waals surface area contributed by atoms with Crippen LogP contribution in [-0.4, -0.2) is 35.7 Å². The van der Waals surface area contributed by atoms with E-state index in [0.717, 1.165) is 10.9 Å². The second kappa shape index (κ2) is 7.19. The van der Waals surface area contributed by atoms with Crippen LogP contribution in [0.1, 0.15) is 27.5 Å². The predicted octanol–water partition coefficient (Wildman–Crippen LogP) is 4.05. The Kier molecular flexibility index (Phi) is 5.20. The first-order valence-electron chi connectivity index (χ1n) is 7.55. The van der Waals surface area contributed by atoms with Crippen molar-refractivity contribution in [2.75, 3.05) is 19.7 Å². The van der Waals surface area contributed by atoms with Crippen LogP contribution in [0.4, 0.5) is 4.39 Å². The first-order valence-corrected chi connectivity index (χ1v) is 8.75. The molecule has 2 aromatic rings. The lowest BCUT2D eigenvalue weighted by molar-refractivity contribution is -0.147. The molecule has 1 aliphatic rings. The third-order valence-corrected chi connectivity index (χ3v) is 5.45. The number of aryl methyl sites for hydroxylation is 1. The van der Waals surface area contributed by atoms with E-state index in [9.17, 15) is 14.3 Å². The fourth-order valence-electron chi connectivity index (χ4n) is 2.91. The fourth-order valence-corrected chi connectivity index (χ4v) is 4.10. The van der Waals surface area contributed by atoms with Crippen LogP contribution in [0, 0.1) is 12.7 Å². The Morgan fingerprint density at radius 1 is 1.46 bits per heavy atom. The minimum Gasteiger partial charge on any atom is -0.480 e. The molecule has 0 bridgehead atoms. The molecule has 1 saturated heterocycles. The van der Waals surface area contributed by atoms with Gasteiger partial charge in [0, 0.05) is 27.9 Å². The maximum atomic E-state index is 13.3. The van der Waals surface area contributed by atoms with Crippen LogP contribution < -0.4 is 0 Å². The lowest BCUT2D eigenvalue weighted by atomic mass is 10.0. The molecule has 0 saturated carbocycles. The maximum Gasteiger partial charge on any atom is 0.325 e. The number of aliphatic carboxylic acids is 1. The number of nitrogens with zero attached hydrogens (tertiary/aromatic N) is 1. The third-order valence-electron chi connectivity index (χ3n) is 4.03. The number of thiophene rings is 1. The highest BCUT2D eigenvalue weighted by molar-refractivity contribution is 7.12. The van der Waals surface area contributed by atoms with Crippen LogP contribution in [-0.2, 0) is 9.53 Å². The largest absolute Gasteiger partial charge is 0.480 e. The van der Waals surface area contributed by atoms with Gasteiger partial charge in [-0.15, -0.1) is 11.3 Å². The first kappa shape index (κ1) is 17.4. The van der Waals surface area contributed by atoms with Gasteiger partial charge in [-0.2, -0.15) is 0 Å². The zero-order chi connectivity index (χ0) is 17.3. The van der Waals surface area contributed by atoms with Gasteiger partial charge in [-0.1, -0.05) is 17.7 Å². The van der Waals surface area contributed by atoms with Crippen molar-refractivity contribution in [3.63, 3.8) is 0 Å². The molecule has 1 aromatic carbocycles. The number of halogens is 2. The molecule has 24 heavy (non-hydrogen) atoms. The molecule has 1 fully saturated rings. The van der Waals surface area contributed by atoms with Crippen LogP contribution in [0.3, 0.4) is 0 Å². The van der Waals surface area contributed by atoms with Crippen molar-refractivity contribution >= 4 is 28.9 Å².